The van der Waals surface area contributed by atoms with E-state index in [-0.39, 0.29) is 0 Å². The van der Waals surface area contributed by atoms with Crippen LogP contribution in [0, 0.1) is 0 Å². The van der Waals surface area contributed by atoms with Crippen molar-refractivity contribution >= 4 is 31.5 Å². The van der Waals surface area contributed by atoms with Gasteiger partial charge in [0.05, 0.1) is 16.8 Å². The fourth-order valence-corrected chi connectivity index (χ4v) is 10.7. The van der Waals surface area contributed by atoms with Crippen LogP contribution in [0.1, 0.15) is 22.3 Å². The first kappa shape index (κ1) is 31.4. The van der Waals surface area contributed by atoms with E-state index in [9.17, 15) is 0 Å². The molecule has 1 atom stereocenters. The van der Waals surface area contributed by atoms with Crippen LogP contribution in [0.4, 0.5) is 0 Å². The zero-order valence-corrected chi connectivity index (χ0v) is 31.1. The standard InChI is InChI=1S/C53H32N2S/c1-3-15-33(16-4-1)48-32-49(34-17-5-2-6-18-34)55-52(54-48)35-27-28-40-37-20-8-7-19-36(37)38-21-9-12-24-44(38)53(46(40)29-35)45-25-13-10-22-39(45)42-31-51-43(30-47(42)53)41-23-11-14-26-50(41)56-51/h1-32H. The highest BCUT2D eigenvalue weighted by Gasteiger charge is 2.50. The van der Waals surface area contributed by atoms with E-state index >= 15 is 0 Å². The molecule has 2 aliphatic rings. The molecule has 12 rings (SSSR count). The minimum absolute atomic E-state index is 0.622. The van der Waals surface area contributed by atoms with E-state index in [2.05, 4.69) is 194 Å². The van der Waals surface area contributed by atoms with Crippen LogP contribution in [-0.2, 0) is 5.41 Å². The third kappa shape index (κ3) is 4.43. The fourth-order valence-electron chi connectivity index (χ4n) is 9.54. The van der Waals surface area contributed by atoms with Gasteiger partial charge in [-0.25, -0.2) is 9.97 Å². The van der Waals surface area contributed by atoms with Crippen LogP contribution in [0.3, 0.4) is 0 Å². The van der Waals surface area contributed by atoms with Gasteiger partial charge in [-0.2, -0.15) is 0 Å². The Kier molecular flexibility index (Phi) is 6.75. The second kappa shape index (κ2) is 12.0. The predicted octanol–water partition coefficient (Wildman–Crippen LogP) is 13.9. The molecule has 2 heterocycles. The number of aromatic nitrogens is 2. The molecule has 1 spiro atoms. The lowest BCUT2D eigenvalue weighted by atomic mass is 9.65. The molecular formula is C53H32N2S. The lowest BCUT2D eigenvalue weighted by molar-refractivity contribution is 0.777. The maximum absolute atomic E-state index is 5.32. The summed E-state index contributed by atoms with van der Waals surface area (Å²) in [6, 6.07) is 70.9. The van der Waals surface area contributed by atoms with E-state index in [0.717, 1.165) is 28.1 Å². The van der Waals surface area contributed by atoms with Crippen LogP contribution in [0.5, 0.6) is 0 Å². The number of nitrogens with zero attached hydrogens (tertiary/aromatic N) is 2. The number of rotatable bonds is 3. The van der Waals surface area contributed by atoms with Crippen LogP contribution in [0.15, 0.2) is 194 Å². The minimum atomic E-state index is -0.622. The highest BCUT2D eigenvalue weighted by molar-refractivity contribution is 7.25. The largest absolute Gasteiger partial charge is 0.228 e. The summed E-state index contributed by atoms with van der Waals surface area (Å²) in [5, 5.41) is 2.61. The van der Waals surface area contributed by atoms with Gasteiger partial charge in [-0.05, 0) is 86.0 Å². The first-order valence-corrected chi connectivity index (χ1v) is 20.0. The first-order valence-electron chi connectivity index (χ1n) is 19.2. The average molecular weight is 729 g/mol. The second-order valence-corrected chi connectivity index (χ2v) is 15.9. The molecule has 0 amide bonds. The number of benzene rings is 8. The SMILES string of the molecule is c1ccc(-c2cc(-c3ccccc3)nc(-c3ccc4c(c3)C3(c5ccccc5-c5ccccc5-4)c4ccccc4-c4cc5sc6ccccc6c5cc43)n2)cc1. The monoisotopic (exact) mass is 728 g/mol. The van der Waals surface area contributed by atoms with Gasteiger partial charge in [-0.3, -0.25) is 0 Å². The molecule has 0 saturated carbocycles. The highest BCUT2D eigenvalue weighted by atomic mass is 32.1. The summed E-state index contributed by atoms with van der Waals surface area (Å²) < 4.78 is 2.63. The van der Waals surface area contributed by atoms with E-state index in [1.165, 1.54) is 75.8 Å². The van der Waals surface area contributed by atoms with Crippen molar-refractivity contribution in [2.45, 2.75) is 5.41 Å². The summed E-state index contributed by atoms with van der Waals surface area (Å²) in [5.74, 6) is 0.708. The second-order valence-electron chi connectivity index (χ2n) is 14.8. The molecule has 0 saturated heterocycles. The summed E-state index contributed by atoms with van der Waals surface area (Å²) >= 11 is 1.88. The summed E-state index contributed by atoms with van der Waals surface area (Å²) in [5.41, 5.74) is 17.0. The van der Waals surface area contributed by atoms with Crippen LogP contribution < -0.4 is 0 Å². The van der Waals surface area contributed by atoms with Crippen molar-refractivity contribution in [3.63, 3.8) is 0 Å². The molecule has 2 nitrogen and oxygen atoms in total. The van der Waals surface area contributed by atoms with Crippen molar-refractivity contribution in [1.29, 1.82) is 0 Å². The van der Waals surface area contributed by atoms with Crippen LogP contribution in [0.2, 0.25) is 0 Å². The molecule has 0 bridgehead atoms. The van der Waals surface area contributed by atoms with E-state index in [1.807, 2.05) is 11.3 Å². The molecule has 0 N–H and O–H groups in total. The Bertz CT molecular complexity index is 3140. The Morgan fingerprint density at radius 3 is 1.50 bits per heavy atom. The maximum Gasteiger partial charge on any atom is 0.160 e. The van der Waals surface area contributed by atoms with Gasteiger partial charge < -0.3 is 0 Å². The van der Waals surface area contributed by atoms with Gasteiger partial charge in [0.2, 0.25) is 0 Å². The molecular weight excluding hydrogens is 697 g/mol. The van der Waals surface area contributed by atoms with Gasteiger partial charge in [0.15, 0.2) is 5.82 Å². The zero-order valence-electron chi connectivity index (χ0n) is 30.3. The number of hydrogen-bond donors (Lipinski definition) is 0. The normalized spacial score (nSPS) is 14.9. The number of hydrogen-bond acceptors (Lipinski definition) is 3. The molecule has 2 aromatic heterocycles. The molecule has 56 heavy (non-hydrogen) atoms. The lowest BCUT2D eigenvalue weighted by Crippen LogP contribution is -2.29. The molecule has 1 unspecified atom stereocenters. The topological polar surface area (TPSA) is 25.8 Å². The van der Waals surface area contributed by atoms with Crippen LogP contribution >= 0.6 is 11.3 Å². The molecule has 260 valence electrons. The molecule has 8 aromatic carbocycles. The van der Waals surface area contributed by atoms with Crippen molar-refractivity contribution < 1.29 is 0 Å². The Morgan fingerprint density at radius 1 is 0.321 bits per heavy atom. The van der Waals surface area contributed by atoms with Gasteiger partial charge in [0, 0.05) is 36.9 Å². The lowest BCUT2D eigenvalue weighted by Gasteiger charge is -2.35. The van der Waals surface area contributed by atoms with Gasteiger partial charge >= 0.3 is 0 Å². The third-order valence-corrected chi connectivity index (χ3v) is 13.1. The maximum atomic E-state index is 5.32. The fraction of sp³-hybridized carbons (Fsp3) is 0.0189. The Hall–Kier alpha value is -6.94. The molecule has 0 aliphatic heterocycles. The van der Waals surface area contributed by atoms with E-state index < -0.39 is 5.41 Å². The van der Waals surface area contributed by atoms with E-state index in [4.69, 9.17) is 9.97 Å². The average Bonchev–Trinajstić information content (AvgIpc) is 3.75. The third-order valence-electron chi connectivity index (χ3n) is 11.9. The summed E-state index contributed by atoms with van der Waals surface area (Å²) in [6.45, 7) is 0. The van der Waals surface area contributed by atoms with Crippen molar-refractivity contribution in [3.05, 3.63) is 216 Å². The molecule has 0 fully saturated rings. The quantitative estimate of drug-likeness (QED) is 0.181. The van der Waals surface area contributed by atoms with Crippen molar-refractivity contribution in [1.82, 2.24) is 9.97 Å². The van der Waals surface area contributed by atoms with E-state index in [0.29, 0.717) is 5.82 Å². The number of thiophene rings is 1. The highest BCUT2D eigenvalue weighted by Crippen LogP contribution is 2.62. The van der Waals surface area contributed by atoms with Crippen molar-refractivity contribution in [3.8, 4) is 67.3 Å². The van der Waals surface area contributed by atoms with Gasteiger partial charge in [-0.15, -0.1) is 11.3 Å². The van der Waals surface area contributed by atoms with E-state index in [1.54, 1.807) is 0 Å². The minimum Gasteiger partial charge on any atom is -0.228 e. The van der Waals surface area contributed by atoms with Gasteiger partial charge in [-0.1, -0.05) is 164 Å². The Morgan fingerprint density at radius 2 is 0.839 bits per heavy atom. The van der Waals surface area contributed by atoms with Gasteiger partial charge in [0.1, 0.15) is 0 Å². The molecule has 10 aromatic rings. The molecule has 2 aliphatic carbocycles. The number of fused-ring (bicyclic) bond motifs is 15. The van der Waals surface area contributed by atoms with Crippen molar-refractivity contribution in [2.24, 2.45) is 0 Å². The zero-order chi connectivity index (χ0) is 36.8. The summed E-state index contributed by atoms with van der Waals surface area (Å²) in [4.78, 5) is 10.6. The predicted molar refractivity (Wildman–Crippen MR) is 233 cm³/mol. The smallest absolute Gasteiger partial charge is 0.160 e. The van der Waals surface area contributed by atoms with Crippen LogP contribution in [-0.4, -0.2) is 9.97 Å². The molecule has 3 heteroatoms. The van der Waals surface area contributed by atoms with Gasteiger partial charge in [0.25, 0.3) is 0 Å². The Labute approximate surface area is 329 Å². The Balaban J connectivity index is 1.22. The molecule has 0 radical (unpaired) electrons. The van der Waals surface area contributed by atoms with Crippen LogP contribution in [0.25, 0.3) is 87.5 Å². The first-order chi connectivity index (χ1) is 27.8. The van der Waals surface area contributed by atoms with Crippen molar-refractivity contribution in [2.75, 3.05) is 0 Å². The summed E-state index contributed by atoms with van der Waals surface area (Å²) in [6.07, 6.45) is 0. The summed E-state index contributed by atoms with van der Waals surface area (Å²) in [7, 11) is 0.